The molecule has 8 nitrogen and oxygen atoms in total. The Morgan fingerprint density at radius 1 is 1.43 bits per heavy atom. The summed E-state index contributed by atoms with van der Waals surface area (Å²) in [6.45, 7) is 2.97. The van der Waals surface area contributed by atoms with Crippen LogP contribution in [0.5, 0.6) is 0 Å². The minimum absolute atomic E-state index is 0.127. The summed E-state index contributed by atoms with van der Waals surface area (Å²) in [4.78, 5) is 23.3. The molecule has 1 amide bonds. The Labute approximate surface area is 131 Å². The lowest BCUT2D eigenvalue weighted by Gasteiger charge is -2.19. The molecule has 2 aromatic rings. The Balaban J connectivity index is 2.27. The Morgan fingerprint density at radius 2 is 2.17 bits per heavy atom. The van der Waals surface area contributed by atoms with Crippen molar-refractivity contribution in [3.05, 3.63) is 41.5 Å². The maximum Gasteiger partial charge on any atom is 0.325 e. The van der Waals surface area contributed by atoms with Crippen molar-refractivity contribution in [1.29, 1.82) is 0 Å². The molecule has 0 spiro atoms. The largest absolute Gasteiger partial charge is 0.480 e. The van der Waals surface area contributed by atoms with Crippen molar-refractivity contribution in [2.24, 2.45) is 0 Å². The zero-order valence-electron chi connectivity index (χ0n) is 12.6. The summed E-state index contributed by atoms with van der Waals surface area (Å²) < 4.78 is 14.6. The molecule has 0 aliphatic carbocycles. The van der Waals surface area contributed by atoms with Crippen molar-refractivity contribution in [2.45, 2.75) is 32.4 Å². The van der Waals surface area contributed by atoms with Gasteiger partial charge in [-0.05, 0) is 42.0 Å². The van der Waals surface area contributed by atoms with Crippen LogP contribution in [0.4, 0.5) is 4.39 Å². The van der Waals surface area contributed by atoms with Gasteiger partial charge in [-0.25, -0.2) is 9.07 Å². The summed E-state index contributed by atoms with van der Waals surface area (Å²) in [7, 11) is 0. The van der Waals surface area contributed by atoms with E-state index in [1.807, 2.05) is 0 Å². The Bertz CT molecular complexity index is 718. The van der Waals surface area contributed by atoms with Gasteiger partial charge in [-0.1, -0.05) is 12.1 Å². The van der Waals surface area contributed by atoms with Gasteiger partial charge < -0.3 is 10.4 Å². The van der Waals surface area contributed by atoms with Gasteiger partial charge in [-0.3, -0.25) is 9.59 Å². The highest BCUT2D eigenvalue weighted by molar-refractivity contribution is 5.85. The van der Waals surface area contributed by atoms with Gasteiger partial charge in [0.1, 0.15) is 23.7 Å². The van der Waals surface area contributed by atoms with E-state index in [0.29, 0.717) is 11.4 Å². The number of rotatable bonds is 6. The first-order valence-electron chi connectivity index (χ1n) is 6.90. The van der Waals surface area contributed by atoms with Gasteiger partial charge in [0.2, 0.25) is 5.91 Å². The van der Waals surface area contributed by atoms with Crippen LogP contribution in [0, 0.1) is 12.7 Å². The lowest BCUT2D eigenvalue weighted by molar-refractivity contribution is -0.141. The molecule has 1 heterocycles. The minimum Gasteiger partial charge on any atom is -0.480 e. The van der Waals surface area contributed by atoms with E-state index in [4.69, 9.17) is 5.11 Å². The average molecular weight is 321 g/mol. The number of benzene rings is 1. The molecule has 2 N–H and O–H groups in total. The van der Waals surface area contributed by atoms with Crippen LogP contribution in [0.2, 0.25) is 0 Å². The van der Waals surface area contributed by atoms with Crippen molar-refractivity contribution < 1.29 is 19.1 Å². The molecule has 0 aliphatic heterocycles. The number of tetrazole rings is 1. The fourth-order valence-corrected chi connectivity index (χ4v) is 2.07. The zero-order valence-corrected chi connectivity index (χ0v) is 12.6. The third kappa shape index (κ3) is 4.09. The van der Waals surface area contributed by atoms with Crippen LogP contribution in [0.25, 0.3) is 0 Å². The Hall–Kier alpha value is -2.84. The minimum atomic E-state index is -1.16. The number of halogens is 1. The number of nitrogens with zero attached hydrogens (tertiary/aromatic N) is 4. The van der Waals surface area contributed by atoms with Crippen LogP contribution in [-0.4, -0.2) is 43.2 Å². The number of aryl methyl sites for hydroxylation is 1. The second-order valence-electron chi connectivity index (χ2n) is 5.09. The second-order valence-corrected chi connectivity index (χ2v) is 5.09. The van der Waals surface area contributed by atoms with Crippen molar-refractivity contribution in [3.63, 3.8) is 0 Å². The van der Waals surface area contributed by atoms with Gasteiger partial charge in [0.25, 0.3) is 0 Å². The predicted molar refractivity (Wildman–Crippen MR) is 76.9 cm³/mol. The summed E-state index contributed by atoms with van der Waals surface area (Å²) in [5, 5.41) is 22.3. The van der Waals surface area contributed by atoms with Crippen LogP contribution in [0.3, 0.4) is 0 Å². The van der Waals surface area contributed by atoms with Gasteiger partial charge in [0.15, 0.2) is 0 Å². The lowest BCUT2D eigenvalue weighted by atomic mass is 10.0. The molecular formula is C14H16FN5O3. The smallest absolute Gasteiger partial charge is 0.325 e. The number of hydrogen-bond acceptors (Lipinski definition) is 5. The fourth-order valence-electron chi connectivity index (χ4n) is 2.07. The normalized spacial score (nSPS) is 13.3. The van der Waals surface area contributed by atoms with Gasteiger partial charge in [0, 0.05) is 6.42 Å². The zero-order chi connectivity index (χ0) is 17.0. The van der Waals surface area contributed by atoms with Crippen LogP contribution in [-0.2, 0) is 16.0 Å². The summed E-state index contributed by atoms with van der Waals surface area (Å²) in [5.74, 6) is -1.74. The third-order valence-electron chi connectivity index (χ3n) is 3.30. The first-order valence-corrected chi connectivity index (χ1v) is 6.90. The molecule has 2 atom stereocenters. The number of aromatic nitrogens is 4. The first-order chi connectivity index (χ1) is 10.9. The Kier molecular flexibility index (Phi) is 4.99. The molecule has 1 aromatic carbocycles. The van der Waals surface area contributed by atoms with Crippen LogP contribution >= 0.6 is 0 Å². The van der Waals surface area contributed by atoms with Crippen LogP contribution in [0.15, 0.2) is 24.3 Å². The quantitative estimate of drug-likeness (QED) is 0.801. The molecule has 2 rings (SSSR count). The van der Waals surface area contributed by atoms with Crippen molar-refractivity contribution in [3.8, 4) is 0 Å². The molecule has 9 heteroatoms. The van der Waals surface area contributed by atoms with E-state index < -0.39 is 29.8 Å². The van der Waals surface area contributed by atoms with E-state index in [2.05, 4.69) is 20.8 Å². The molecule has 0 radical (unpaired) electrons. The molecule has 23 heavy (non-hydrogen) atoms. The van der Waals surface area contributed by atoms with Crippen molar-refractivity contribution >= 4 is 11.9 Å². The van der Waals surface area contributed by atoms with Gasteiger partial charge in [0.05, 0.1) is 0 Å². The topological polar surface area (TPSA) is 110 Å². The molecule has 0 saturated heterocycles. The number of carboxylic acids is 1. The summed E-state index contributed by atoms with van der Waals surface area (Å²) in [5.41, 5.74) is 0.572. The molecule has 122 valence electrons. The highest BCUT2D eigenvalue weighted by Gasteiger charge is 2.27. The highest BCUT2D eigenvalue weighted by atomic mass is 19.1. The monoisotopic (exact) mass is 321 g/mol. The maximum atomic E-state index is 13.3. The average Bonchev–Trinajstić information content (AvgIpc) is 2.90. The first kappa shape index (κ1) is 16.5. The highest BCUT2D eigenvalue weighted by Crippen LogP contribution is 2.16. The predicted octanol–water partition coefficient (Wildman–Crippen LogP) is 0.494. The number of carboxylic acid groups (broad SMARTS) is 1. The van der Waals surface area contributed by atoms with Crippen molar-refractivity contribution in [2.75, 3.05) is 0 Å². The van der Waals surface area contributed by atoms with Gasteiger partial charge >= 0.3 is 5.97 Å². The Morgan fingerprint density at radius 3 is 2.74 bits per heavy atom. The number of amides is 1. The molecule has 0 saturated carbocycles. The number of nitrogens with one attached hydrogen (secondary N) is 1. The molecule has 1 unspecified atom stereocenters. The molecule has 1 aromatic heterocycles. The number of carbonyl (C=O) groups is 2. The summed E-state index contributed by atoms with van der Waals surface area (Å²) in [6.07, 6.45) is 0.127. The van der Waals surface area contributed by atoms with E-state index in [1.54, 1.807) is 13.0 Å². The van der Waals surface area contributed by atoms with E-state index in [9.17, 15) is 14.0 Å². The lowest BCUT2D eigenvalue weighted by Crippen LogP contribution is -2.43. The summed E-state index contributed by atoms with van der Waals surface area (Å²) in [6, 6.07) is 3.87. The molecule has 0 fully saturated rings. The number of carbonyl (C=O) groups excluding carboxylic acids is 1. The van der Waals surface area contributed by atoms with E-state index >= 15 is 0 Å². The number of aliphatic carboxylic acids is 1. The van der Waals surface area contributed by atoms with Crippen LogP contribution in [0.1, 0.15) is 24.4 Å². The third-order valence-corrected chi connectivity index (χ3v) is 3.30. The molecule has 0 aliphatic rings. The SMILES string of the molecule is Cc1nnnn1C(Cc1cccc(F)c1)C(=O)N[C@H](C)C(=O)O. The van der Waals surface area contributed by atoms with Crippen molar-refractivity contribution in [1.82, 2.24) is 25.5 Å². The van der Waals surface area contributed by atoms with Crippen LogP contribution < -0.4 is 5.32 Å². The molecular weight excluding hydrogens is 305 g/mol. The molecule has 0 bridgehead atoms. The maximum absolute atomic E-state index is 13.3. The van der Waals surface area contributed by atoms with Gasteiger partial charge in [-0.2, -0.15) is 0 Å². The summed E-state index contributed by atoms with van der Waals surface area (Å²) >= 11 is 0. The van der Waals surface area contributed by atoms with E-state index in [-0.39, 0.29) is 6.42 Å². The number of hydrogen-bond donors (Lipinski definition) is 2. The fraction of sp³-hybridized carbons (Fsp3) is 0.357. The standard InChI is InChI=1S/C14H16FN5O3/c1-8(14(22)23)16-13(21)12(20-9(2)17-18-19-20)7-10-4-3-5-11(15)6-10/h3-6,8,12H,7H2,1-2H3,(H,16,21)(H,22,23)/t8-,12?/m1/s1. The van der Waals surface area contributed by atoms with E-state index in [1.165, 1.54) is 29.8 Å². The van der Waals surface area contributed by atoms with Gasteiger partial charge in [-0.15, -0.1) is 5.10 Å². The van der Waals surface area contributed by atoms with E-state index in [0.717, 1.165) is 0 Å². The second kappa shape index (κ2) is 6.95.